The molecule has 1 aromatic heterocycles. The number of carbonyl (C=O) groups excluding carboxylic acids is 1. The maximum absolute atomic E-state index is 11.4. The zero-order valence-corrected chi connectivity index (χ0v) is 10.7. The number of nitrogens with zero attached hydrogens (tertiary/aromatic N) is 1. The number of hydrogen-bond acceptors (Lipinski definition) is 4. The molecule has 6 nitrogen and oxygen atoms in total. The molecule has 0 aliphatic heterocycles. The normalized spacial score (nSPS) is 11.3. The Morgan fingerprint density at radius 2 is 2.24 bits per heavy atom. The first-order valence-corrected chi connectivity index (χ1v) is 5.39. The van der Waals surface area contributed by atoms with Crippen LogP contribution in [-0.2, 0) is 22.6 Å². The van der Waals surface area contributed by atoms with Gasteiger partial charge in [-0.05, 0) is 20.8 Å². The van der Waals surface area contributed by atoms with Crippen molar-refractivity contribution in [1.29, 1.82) is 0 Å². The molecule has 0 aliphatic carbocycles. The van der Waals surface area contributed by atoms with Crippen LogP contribution >= 0.6 is 0 Å². The van der Waals surface area contributed by atoms with Crippen LogP contribution in [0.15, 0.2) is 6.20 Å². The lowest BCUT2D eigenvalue weighted by Crippen LogP contribution is -2.32. The molecule has 6 heteroatoms. The van der Waals surface area contributed by atoms with Crippen LogP contribution in [0.4, 0.5) is 4.79 Å². The summed E-state index contributed by atoms with van der Waals surface area (Å²) in [5, 5.41) is 2.64. The zero-order valence-electron chi connectivity index (χ0n) is 10.7. The molecule has 0 saturated carbocycles. The number of aromatic nitrogens is 2. The molecule has 0 aromatic carbocycles. The predicted molar refractivity (Wildman–Crippen MR) is 62.4 cm³/mol. The Morgan fingerprint density at radius 3 is 2.82 bits per heavy atom. The van der Waals surface area contributed by atoms with E-state index in [1.165, 1.54) is 0 Å². The molecule has 1 amide bonds. The third-order valence-electron chi connectivity index (χ3n) is 1.78. The quantitative estimate of drug-likeness (QED) is 0.839. The summed E-state index contributed by atoms with van der Waals surface area (Å²) in [6, 6.07) is 0. The molecule has 1 rings (SSSR count). The number of carbonyl (C=O) groups is 1. The summed E-state index contributed by atoms with van der Waals surface area (Å²) < 4.78 is 10.0. The number of hydrogen-bond donors (Lipinski definition) is 2. The summed E-state index contributed by atoms with van der Waals surface area (Å²) in [6.45, 7) is 6.23. The van der Waals surface area contributed by atoms with Crippen molar-refractivity contribution in [1.82, 2.24) is 15.3 Å². The van der Waals surface area contributed by atoms with E-state index in [1.54, 1.807) is 13.3 Å². The average molecular weight is 241 g/mol. The van der Waals surface area contributed by atoms with Gasteiger partial charge in [-0.1, -0.05) is 0 Å². The molecule has 0 radical (unpaired) electrons. The van der Waals surface area contributed by atoms with Gasteiger partial charge in [0.1, 0.15) is 18.0 Å². The molecule has 0 saturated heterocycles. The van der Waals surface area contributed by atoms with Gasteiger partial charge >= 0.3 is 6.09 Å². The van der Waals surface area contributed by atoms with Gasteiger partial charge in [0.15, 0.2) is 0 Å². The van der Waals surface area contributed by atoms with Crippen molar-refractivity contribution in [2.75, 3.05) is 7.11 Å². The fraction of sp³-hybridized carbons (Fsp3) is 0.636. The smallest absolute Gasteiger partial charge is 0.407 e. The van der Waals surface area contributed by atoms with E-state index in [2.05, 4.69) is 15.3 Å². The SMILES string of the molecule is COCc1ncc(CNC(=O)OC(C)(C)C)[nH]1. The van der Waals surface area contributed by atoms with E-state index < -0.39 is 11.7 Å². The topological polar surface area (TPSA) is 76.2 Å². The number of nitrogens with one attached hydrogen (secondary N) is 2. The van der Waals surface area contributed by atoms with E-state index in [-0.39, 0.29) is 0 Å². The van der Waals surface area contributed by atoms with Crippen molar-refractivity contribution >= 4 is 6.09 Å². The highest BCUT2D eigenvalue weighted by Crippen LogP contribution is 2.06. The van der Waals surface area contributed by atoms with Crippen molar-refractivity contribution in [3.05, 3.63) is 17.7 Å². The number of aromatic amines is 1. The monoisotopic (exact) mass is 241 g/mol. The van der Waals surface area contributed by atoms with Crippen LogP contribution < -0.4 is 5.32 Å². The van der Waals surface area contributed by atoms with E-state index in [0.717, 1.165) is 11.5 Å². The molecule has 17 heavy (non-hydrogen) atoms. The van der Waals surface area contributed by atoms with Crippen molar-refractivity contribution in [3.63, 3.8) is 0 Å². The second-order valence-corrected chi connectivity index (χ2v) is 4.64. The molecular weight excluding hydrogens is 222 g/mol. The molecule has 0 bridgehead atoms. The lowest BCUT2D eigenvalue weighted by atomic mass is 10.2. The summed E-state index contributed by atoms with van der Waals surface area (Å²) in [6.07, 6.45) is 1.21. The van der Waals surface area contributed by atoms with Gasteiger partial charge in [0.2, 0.25) is 0 Å². The first kappa shape index (κ1) is 13.5. The van der Waals surface area contributed by atoms with Gasteiger partial charge in [-0.15, -0.1) is 0 Å². The van der Waals surface area contributed by atoms with Crippen molar-refractivity contribution in [2.24, 2.45) is 0 Å². The largest absolute Gasteiger partial charge is 0.444 e. The van der Waals surface area contributed by atoms with Gasteiger partial charge in [0, 0.05) is 7.11 Å². The highest BCUT2D eigenvalue weighted by atomic mass is 16.6. The number of imidazole rings is 1. The minimum absolute atomic E-state index is 0.353. The Kier molecular flexibility index (Phi) is 4.51. The van der Waals surface area contributed by atoms with Crippen molar-refractivity contribution in [2.45, 2.75) is 39.5 Å². The number of alkyl carbamates (subject to hydrolysis) is 1. The van der Waals surface area contributed by atoms with Crippen molar-refractivity contribution < 1.29 is 14.3 Å². The molecule has 1 heterocycles. The minimum Gasteiger partial charge on any atom is -0.444 e. The standard InChI is InChI=1S/C11H19N3O3/c1-11(2,3)17-10(15)13-6-8-5-12-9(14-8)7-16-4/h5H,6-7H2,1-4H3,(H,12,14)(H,13,15). The molecule has 0 atom stereocenters. The Morgan fingerprint density at radius 1 is 1.53 bits per heavy atom. The third kappa shape index (κ3) is 5.35. The summed E-state index contributed by atoms with van der Waals surface area (Å²) in [5.74, 6) is 0.730. The van der Waals surface area contributed by atoms with Crippen LogP contribution in [0, 0.1) is 0 Å². The molecule has 0 spiro atoms. The van der Waals surface area contributed by atoms with Crippen LogP contribution in [0.2, 0.25) is 0 Å². The molecule has 96 valence electrons. The minimum atomic E-state index is -0.487. The predicted octanol–water partition coefficient (Wildman–Crippen LogP) is 1.58. The Labute approximate surface area is 101 Å². The first-order valence-electron chi connectivity index (χ1n) is 5.39. The van der Waals surface area contributed by atoms with E-state index >= 15 is 0 Å². The highest BCUT2D eigenvalue weighted by Gasteiger charge is 2.15. The number of amides is 1. The summed E-state index contributed by atoms with van der Waals surface area (Å²) >= 11 is 0. The maximum atomic E-state index is 11.4. The third-order valence-corrected chi connectivity index (χ3v) is 1.78. The fourth-order valence-corrected chi connectivity index (χ4v) is 1.19. The number of ether oxygens (including phenoxy) is 2. The lowest BCUT2D eigenvalue weighted by molar-refractivity contribution is 0.0523. The summed E-state index contributed by atoms with van der Waals surface area (Å²) in [5.41, 5.74) is 0.321. The van der Waals surface area contributed by atoms with E-state index in [1.807, 2.05) is 20.8 Å². The van der Waals surface area contributed by atoms with Crippen LogP contribution in [-0.4, -0.2) is 28.8 Å². The molecule has 1 aromatic rings. The zero-order chi connectivity index (χ0) is 12.9. The van der Waals surface area contributed by atoms with E-state index in [4.69, 9.17) is 9.47 Å². The van der Waals surface area contributed by atoms with Crippen LogP contribution in [0.25, 0.3) is 0 Å². The van der Waals surface area contributed by atoms with Crippen molar-refractivity contribution in [3.8, 4) is 0 Å². The number of rotatable bonds is 4. The van der Waals surface area contributed by atoms with E-state index in [0.29, 0.717) is 13.2 Å². The summed E-state index contributed by atoms with van der Waals surface area (Å²) in [7, 11) is 1.60. The maximum Gasteiger partial charge on any atom is 0.407 e. The highest BCUT2D eigenvalue weighted by molar-refractivity contribution is 5.67. The average Bonchev–Trinajstić information content (AvgIpc) is 2.61. The first-order chi connectivity index (χ1) is 7.90. The van der Waals surface area contributed by atoms with Crippen LogP contribution in [0.3, 0.4) is 0 Å². The number of H-pyrrole nitrogens is 1. The van der Waals surface area contributed by atoms with Gasteiger partial charge in [-0.3, -0.25) is 0 Å². The van der Waals surface area contributed by atoms with Gasteiger partial charge in [0.25, 0.3) is 0 Å². The second-order valence-electron chi connectivity index (χ2n) is 4.64. The van der Waals surface area contributed by atoms with Gasteiger partial charge in [0.05, 0.1) is 18.4 Å². The van der Waals surface area contributed by atoms with Gasteiger partial charge in [-0.25, -0.2) is 9.78 Å². The van der Waals surface area contributed by atoms with Crippen LogP contribution in [0.1, 0.15) is 32.3 Å². The molecular formula is C11H19N3O3. The van der Waals surface area contributed by atoms with Gasteiger partial charge in [-0.2, -0.15) is 0 Å². The molecule has 2 N–H and O–H groups in total. The van der Waals surface area contributed by atoms with Gasteiger partial charge < -0.3 is 19.8 Å². The molecule has 0 unspecified atom stereocenters. The lowest BCUT2D eigenvalue weighted by Gasteiger charge is -2.19. The molecule has 0 aliphatic rings. The summed E-state index contributed by atoms with van der Waals surface area (Å²) in [4.78, 5) is 18.5. The second kappa shape index (κ2) is 5.67. The number of methoxy groups -OCH3 is 1. The van der Waals surface area contributed by atoms with E-state index in [9.17, 15) is 4.79 Å². The fourth-order valence-electron chi connectivity index (χ4n) is 1.19. The van der Waals surface area contributed by atoms with Crippen LogP contribution in [0.5, 0.6) is 0 Å². The Bertz CT molecular complexity index is 368. The molecule has 0 fully saturated rings. The Balaban J connectivity index is 2.37. The Hall–Kier alpha value is -1.56.